The second-order valence-corrected chi connectivity index (χ2v) is 6.78. The number of carbonyl (C=O) groups is 1. The number of nitrogens with one attached hydrogen (secondary N) is 1. The first kappa shape index (κ1) is 15.4. The van der Waals surface area contributed by atoms with E-state index in [9.17, 15) is 4.79 Å². The van der Waals surface area contributed by atoms with Crippen LogP contribution in [0.4, 0.5) is 0 Å². The summed E-state index contributed by atoms with van der Waals surface area (Å²) in [6, 6.07) is 7.25. The van der Waals surface area contributed by atoms with Crippen molar-refractivity contribution < 1.29 is 10.0 Å². The molecule has 1 amide bonds. The highest BCUT2D eigenvalue weighted by atomic mass is 16.4. The van der Waals surface area contributed by atoms with Gasteiger partial charge in [-0.1, -0.05) is 57.1 Å². The molecule has 0 aliphatic heterocycles. The average Bonchev–Trinajstić information content (AvgIpc) is 2.86. The van der Waals surface area contributed by atoms with Gasteiger partial charge in [-0.2, -0.15) is 0 Å². The molecule has 1 aliphatic carbocycles. The summed E-state index contributed by atoms with van der Waals surface area (Å²) < 4.78 is 0. The fraction of sp³-hybridized carbons (Fsp3) is 0.500. The van der Waals surface area contributed by atoms with Crippen LogP contribution in [0.25, 0.3) is 0 Å². The van der Waals surface area contributed by atoms with Gasteiger partial charge in [0, 0.05) is 18.0 Å². The number of nitrogens with two attached hydrogens (primary N) is 1. The molecule has 1 aliphatic rings. The Morgan fingerprint density at radius 2 is 1.76 bits per heavy atom. The second-order valence-electron chi connectivity index (χ2n) is 6.78. The van der Waals surface area contributed by atoms with Crippen LogP contribution >= 0.6 is 0 Å². The van der Waals surface area contributed by atoms with Crippen molar-refractivity contribution in [2.45, 2.75) is 34.2 Å². The quantitative estimate of drug-likeness (QED) is 0.343. The number of benzene rings is 1. The molecule has 114 valence electrons. The Balaban J connectivity index is 1.94. The number of rotatable bonds is 4. The Morgan fingerprint density at radius 1 is 1.24 bits per heavy atom. The Kier molecular flexibility index (Phi) is 3.70. The first-order valence-electron chi connectivity index (χ1n) is 7.06. The fourth-order valence-electron chi connectivity index (χ4n) is 2.99. The SMILES string of the molecule is CC1(C)C(C(=O)NCc2ccc(C(N)=NO)cc2)C1(C)C. The number of carbonyl (C=O) groups excluding carboxylic acids is 1. The molecule has 0 spiro atoms. The van der Waals surface area contributed by atoms with Crippen LogP contribution in [0, 0.1) is 16.7 Å². The highest BCUT2D eigenvalue weighted by molar-refractivity contribution is 5.97. The van der Waals surface area contributed by atoms with Crippen LogP contribution in [-0.4, -0.2) is 17.0 Å². The number of hydrogen-bond donors (Lipinski definition) is 3. The maximum atomic E-state index is 12.2. The van der Waals surface area contributed by atoms with Crippen LogP contribution in [-0.2, 0) is 11.3 Å². The normalized spacial score (nSPS) is 20.1. The number of amides is 1. The summed E-state index contributed by atoms with van der Waals surface area (Å²) in [7, 11) is 0. The molecule has 1 fully saturated rings. The molecule has 1 saturated carbocycles. The van der Waals surface area contributed by atoms with Crippen LogP contribution in [0.2, 0.25) is 0 Å². The maximum absolute atomic E-state index is 12.2. The lowest BCUT2D eigenvalue weighted by Crippen LogP contribution is -2.26. The van der Waals surface area contributed by atoms with Crippen molar-refractivity contribution >= 4 is 11.7 Å². The van der Waals surface area contributed by atoms with Crippen LogP contribution in [0.5, 0.6) is 0 Å². The molecular weight excluding hydrogens is 266 g/mol. The molecule has 0 heterocycles. The third-order valence-electron chi connectivity index (χ3n) is 5.11. The number of amidine groups is 1. The van der Waals surface area contributed by atoms with Gasteiger partial charge in [-0.05, 0) is 16.4 Å². The van der Waals surface area contributed by atoms with E-state index in [1.165, 1.54) is 0 Å². The van der Waals surface area contributed by atoms with Crippen molar-refractivity contribution in [2.24, 2.45) is 27.6 Å². The van der Waals surface area contributed by atoms with Crippen LogP contribution in [0.1, 0.15) is 38.8 Å². The van der Waals surface area contributed by atoms with E-state index in [1.807, 2.05) is 12.1 Å². The van der Waals surface area contributed by atoms with Gasteiger partial charge in [0.2, 0.25) is 5.91 Å². The molecule has 5 heteroatoms. The smallest absolute Gasteiger partial charge is 0.224 e. The van der Waals surface area contributed by atoms with Gasteiger partial charge in [0.1, 0.15) is 0 Å². The minimum Gasteiger partial charge on any atom is -0.409 e. The van der Waals surface area contributed by atoms with Crippen molar-refractivity contribution in [2.75, 3.05) is 0 Å². The topological polar surface area (TPSA) is 87.7 Å². The molecule has 1 aromatic rings. The summed E-state index contributed by atoms with van der Waals surface area (Å²) in [5, 5.41) is 14.5. The summed E-state index contributed by atoms with van der Waals surface area (Å²) in [4.78, 5) is 12.2. The molecular formula is C16H23N3O2. The van der Waals surface area contributed by atoms with Gasteiger partial charge in [0.25, 0.3) is 0 Å². The van der Waals surface area contributed by atoms with Crippen molar-refractivity contribution in [1.29, 1.82) is 0 Å². The fourth-order valence-corrected chi connectivity index (χ4v) is 2.99. The van der Waals surface area contributed by atoms with Crippen molar-refractivity contribution in [1.82, 2.24) is 5.32 Å². The predicted octanol–water partition coefficient (Wildman–Crippen LogP) is 2.08. The summed E-state index contributed by atoms with van der Waals surface area (Å²) in [6.45, 7) is 9.00. The second kappa shape index (κ2) is 5.06. The highest BCUT2D eigenvalue weighted by Gasteiger charge is 2.68. The van der Waals surface area contributed by atoms with E-state index in [4.69, 9.17) is 10.9 Å². The molecule has 21 heavy (non-hydrogen) atoms. The van der Waals surface area contributed by atoms with Gasteiger partial charge in [0.05, 0.1) is 0 Å². The van der Waals surface area contributed by atoms with Crippen molar-refractivity contribution in [3.05, 3.63) is 35.4 Å². The first-order chi connectivity index (χ1) is 9.71. The van der Waals surface area contributed by atoms with E-state index in [2.05, 4.69) is 38.2 Å². The Hall–Kier alpha value is -2.04. The van der Waals surface area contributed by atoms with Crippen LogP contribution in [0.3, 0.4) is 0 Å². The Labute approximate surface area is 125 Å². The van der Waals surface area contributed by atoms with Gasteiger partial charge in [-0.15, -0.1) is 0 Å². The molecule has 4 N–H and O–H groups in total. The Morgan fingerprint density at radius 3 is 2.19 bits per heavy atom. The average molecular weight is 289 g/mol. The van der Waals surface area contributed by atoms with Crippen LogP contribution < -0.4 is 11.1 Å². The molecule has 0 bridgehead atoms. The van der Waals surface area contributed by atoms with E-state index in [0.717, 1.165) is 5.56 Å². The summed E-state index contributed by atoms with van der Waals surface area (Å²) >= 11 is 0. The van der Waals surface area contributed by atoms with E-state index in [0.29, 0.717) is 12.1 Å². The predicted molar refractivity (Wildman–Crippen MR) is 81.9 cm³/mol. The molecule has 0 atom stereocenters. The van der Waals surface area contributed by atoms with Crippen LogP contribution in [0.15, 0.2) is 29.4 Å². The van der Waals surface area contributed by atoms with Gasteiger partial charge < -0.3 is 16.3 Å². The standard InChI is InChI=1S/C16H23N3O2/c1-15(2)12(16(15,3)4)14(20)18-9-10-5-7-11(8-6-10)13(17)19-21/h5-8,12,21H,9H2,1-4H3,(H2,17,19)(H,18,20). The molecule has 0 radical (unpaired) electrons. The minimum atomic E-state index is 0.0486. The minimum absolute atomic E-state index is 0.0486. The lowest BCUT2D eigenvalue weighted by atomic mass is 10.0. The molecule has 2 rings (SSSR count). The van der Waals surface area contributed by atoms with Crippen molar-refractivity contribution in [3.8, 4) is 0 Å². The molecule has 0 aromatic heterocycles. The third-order valence-corrected chi connectivity index (χ3v) is 5.11. The van der Waals surface area contributed by atoms with Crippen molar-refractivity contribution in [3.63, 3.8) is 0 Å². The summed E-state index contributed by atoms with van der Waals surface area (Å²) in [5.41, 5.74) is 7.23. The number of hydrogen-bond acceptors (Lipinski definition) is 3. The monoisotopic (exact) mass is 289 g/mol. The van der Waals surface area contributed by atoms with Gasteiger partial charge in [-0.25, -0.2) is 0 Å². The van der Waals surface area contributed by atoms with E-state index >= 15 is 0 Å². The van der Waals surface area contributed by atoms with E-state index < -0.39 is 0 Å². The van der Waals surface area contributed by atoms with Gasteiger partial charge in [-0.3, -0.25) is 4.79 Å². The van der Waals surface area contributed by atoms with E-state index in [-0.39, 0.29) is 28.5 Å². The van der Waals surface area contributed by atoms with Gasteiger partial charge in [0.15, 0.2) is 5.84 Å². The summed E-state index contributed by atoms with van der Waals surface area (Å²) in [6.07, 6.45) is 0. The summed E-state index contributed by atoms with van der Waals surface area (Å²) in [5.74, 6) is 0.235. The first-order valence-corrected chi connectivity index (χ1v) is 7.06. The largest absolute Gasteiger partial charge is 0.409 e. The number of oxime groups is 1. The highest BCUT2D eigenvalue weighted by Crippen LogP contribution is 2.68. The lowest BCUT2D eigenvalue weighted by molar-refractivity contribution is -0.123. The zero-order valence-electron chi connectivity index (χ0n) is 13.0. The van der Waals surface area contributed by atoms with E-state index in [1.54, 1.807) is 12.1 Å². The maximum Gasteiger partial charge on any atom is 0.224 e. The van der Waals surface area contributed by atoms with Gasteiger partial charge >= 0.3 is 0 Å². The number of nitrogens with zero attached hydrogens (tertiary/aromatic N) is 1. The lowest BCUT2D eigenvalue weighted by Gasteiger charge is -2.07. The molecule has 0 saturated heterocycles. The molecule has 0 unspecified atom stereocenters. The Bertz CT molecular complexity index is 560. The zero-order chi connectivity index (χ0) is 15.8. The third kappa shape index (κ3) is 2.60. The zero-order valence-corrected chi connectivity index (χ0v) is 13.0. The molecule has 1 aromatic carbocycles. The molecule has 5 nitrogen and oxygen atoms in total.